The second kappa shape index (κ2) is 6.82. The average molecular weight is 439 g/mol. The normalized spacial score (nSPS) is 19.9. The molecule has 2 fully saturated rings. The third kappa shape index (κ3) is 3.17. The molecule has 29 heavy (non-hydrogen) atoms. The lowest BCUT2D eigenvalue weighted by Crippen LogP contribution is -2.42. The fourth-order valence-corrected chi connectivity index (χ4v) is 5.29. The van der Waals surface area contributed by atoms with Crippen molar-refractivity contribution in [3.05, 3.63) is 38.5 Å². The van der Waals surface area contributed by atoms with Crippen molar-refractivity contribution in [1.29, 1.82) is 0 Å². The van der Waals surface area contributed by atoms with E-state index in [0.29, 0.717) is 22.6 Å². The molecule has 1 aromatic carbocycles. The first-order chi connectivity index (χ1) is 13.3. The van der Waals surface area contributed by atoms with Crippen LogP contribution >= 0.6 is 23.9 Å². The van der Waals surface area contributed by atoms with Gasteiger partial charge in [-0.05, 0) is 62.7 Å². The number of pyridine rings is 1. The van der Waals surface area contributed by atoms with Crippen molar-refractivity contribution in [2.45, 2.75) is 44.7 Å². The Bertz CT molecular complexity index is 1220. The van der Waals surface area contributed by atoms with Gasteiger partial charge in [-0.1, -0.05) is 0 Å². The van der Waals surface area contributed by atoms with Crippen LogP contribution in [0.3, 0.4) is 0 Å². The van der Waals surface area contributed by atoms with Crippen molar-refractivity contribution < 1.29 is 4.39 Å². The lowest BCUT2D eigenvalue weighted by Gasteiger charge is -2.27. The van der Waals surface area contributed by atoms with Gasteiger partial charge in [0.15, 0.2) is 0 Å². The number of anilines is 1. The molecule has 1 saturated carbocycles. The number of aromatic amines is 1. The Morgan fingerprint density at radius 1 is 1.24 bits per heavy atom. The Morgan fingerprint density at radius 3 is 2.59 bits per heavy atom. The van der Waals surface area contributed by atoms with E-state index in [1.807, 2.05) is 18.7 Å². The van der Waals surface area contributed by atoms with Gasteiger partial charge in [-0.25, -0.2) is 4.39 Å². The minimum Gasteiger partial charge on any atom is -0.369 e. The van der Waals surface area contributed by atoms with Crippen molar-refractivity contribution >= 4 is 50.7 Å². The summed E-state index contributed by atoms with van der Waals surface area (Å²) < 4.78 is 19.8. The van der Waals surface area contributed by atoms with Crippen LogP contribution in [0.15, 0.2) is 21.7 Å². The highest BCUT2D eigenvalue weighted by Crippen LogP contribution is 2.41. The predicted molar refractivity (Wildman–Crippen MR) is 118 cm³/mol. The number of aromatic nitrogens is 2. The molecule has 0 unspecified atom stereocenters. The monoisotopic (exact) mass is 438 g/mol. The molecule has 0 radical (unpaired) electrons. The molecule has 1 saturated heterocycles. The van der Waals surface area contributed by atoms with Crippen LogP contribution in [0, 0.1) is 11.7 Å². The van der Waals surface area contributed by atoms with Gasteiger partial charge in [0.1, 0.15) is 16.0 Å². The van der Waals surface area contributed by atoms with Crippen LogP contribution in [-0.2, 0) is 0 Å². The third-order valence-corrected chi connectivity index (χ3v) is 7.07. The van der Waals surface area contributed by atoms with Gasteiger partial charge in [0.2, 0.25) is 5.43 Å². The Morgan fingerprint density at radius 2 is 1.97 bits per heavy atom. The number of nitrogens with two attached hydrogens (primary N) is 1. The van der Waals surface area contributed by atoms with Crippen LogP contribution < -0.4 is 21.6 Å². The lowest BCUT2D eigenvalue weighted by atomic mass is 9.88. The lowest BCUT2D eigenvalue weighted by molar-refractivity contribution is 0.348. The van der Waals surface area contributed by atoms with E-state index in [4.69, 9.17) is 5.73 Å². The number of benzene rings is 1. The molecule has 1 aliphatic carbocycles. The van der Waals surface area contributed by atoms with Gasteiger partial charge in [-0.3, -0.25) is 14.0 Å². The molecule has 1 atom stereocenters. The van der Waals surface area contributed by atoms with E-state index in [1.54, 1.807) is 6.07 Å². The van der Waals surface area contributed by atoms with Crippen molar-refractivity contribution in [1.82, 2.24) is 8.94 Å². The van der Waals surface area contributed by atoms with Crippen LogP contribution in [0.2, 0.25) is 0 Å². The maximum atomic E-state index is 15.0. The number of halogens is 2. The minimum absolute atomic E-state index is 0. The Labute approximate surface area is 177 Å². The fourth-order valence-electron chi connectivity index (χ4n) is 4.36. The van der Waals surface area contributed by atoms with E-state index in [-0.39, 0.29) is 40.7 Å². The molecule has 1 aliphatic heterocycles. The third-order valence-electron chi connectivity index (χ3n) is 6.19. The maximum absolute atomic E-state index is 15.0. The van der Waals surface area contributed by atoms with E-state index < -0.39 is 16.8 Å². The molecule has 156 valence electrons. The molecule has 3 heterocycles. The second-order valence-electron chi connectivity index (χ2n) is 8.72. The molecule has 3 N–H and O–H groups in total. The van der Waals surface area contributed by atoms with E-state index in [9.17, 15) is 9.59 Å². The Balaban J connectivity index is 0.00000205. The topological polar surface area (TPSA) is 84.1 Å². The number of rotatable bonds is 3. The summed E-state index contributed by atoms with van der Waals surface area (Å²) >= 11 is 1.19. The molecule has 9 heteroatoms. The minimum atomic E-state index is -0.423. The van der Waals surface area contributed by atoms with Gasteiger partial charge in [-0.15, -0.1) is 12.4 Å². The summed E-state index contributed by atoms with van der Waals surface area (Å²) in [5.41, 5.74) is 6.39. The zero-order chi connectivity index (χ0) is 19.8. The molecular weight excluding hydrogens is 415 g/mol. The standard InChI is InChI=1S/C20H23FN4O2S.ClH/c1-20(2,22)10-5-6-24(9-10)15-8-14-12(7-13(15)21)17(26)16-18(27)23-28-19(16)25(14)11-3-4-11;/h7-8,10-11H,3-6,9,22H2,1-2H3,(H,23,27);1H/t10-;/m1./s1. The summed E-state index contributed by atoms with van der Waals surface area (Å²) in [6.45, 7) is 5.45. The van der Waals surface area contributed by atoms with Crippen molar-refractivity contribution in [2.75, 3.05) is 18.0 Å². The second-order valence-corrected chi connectivity index (χ2v) is 9.51. The van der Waals surface area contributed by atoms with Gasteiger partial charge in [0, 0.05) is 30.1 Å². The highest BCUT2D eigenvalue weighted by Gasteiger charge is 2.34. The molecular formula is C20H24ClFN4O2S. The smallest absolute Gasteiger partial charge is 0.271 e. The summed E-state index contributed by atoms with van der Waals surface area (Å²) in [7, 11) is 0. The number of hydrogen-bond donors (Lipinski definition) is 2. The number of nitrogens with zero attached hydrogens (tertiary/aromatic N) is 2. The van der Waals surface area contributed by atoms with Gasteiger partial charge >= 0.3 is 0 Å². The highest BCUT2D eigenvalue weighted by atomic mass is 35.5. The highest BCUT2D eigenvalue weighted by molar-refractivity contribution is 7.12. The van der Waals surface area contributed by atoms with E-state index in [2.05, 4.69) is 8.94 Å². The van der Waals surface area contributed by atoms with Crippen molar-refractivity contribution in [3.8, 4) is 0 Å². The molecule has 3 aromatic rings. The first kappa shape index (κ1) is 20.4. The van der Waals surface area contributed by atoms with E-state index in [0.717, 1.165) is 25.8 Å². The van der Waals surface area contributed by atoms with Gasteiger partial charge in [0.05, 0.1) is 11.2 Å². The van der Waals surface area contributed by atoms with Crippen LogP contribution in [0.1, 0.15) is 39.2 Å². The number of fused-ring (bicyclic) bond motifs is 2. The van der Waals surface area contributed by atoms with Crippen molar-refractivity contribution in [3.63, 3.8) is 0 Å². The van der Waals surface area contributed by atoms with Crippen LogP contribution in [0.25, 0.3) is 21.1 Å². The number of nitrogens with one attached hydrogen (secondary N) is 1. The Hall–Kier alpha value is -1.90. The molecule has 5 rings (SSSR count). The predicted octanol–water partition coefficient (Wildman–Crippen LogP) is 3.36. The summed E-state index contributed by atoms with van der Waals surface area (Å²) in [5, 5.41) is 0.419. The SMILES string of the molecule is CC(C)(N)[C@@H]1CCN(c2cc3c(cc2F)c(=O)c2c(=O)[nH]sc2n3C2CC2)C1.Cl. The first-order valence-corrected chi connectivity index (χ1v) is 10.5. The zero-order valence-electron chi connectivity index (χ0n) is 16.3. The molecule has 2 aliphatic rings. The summed E-state index contributed by atoms with van der Waals surface area (Å²) in [6, 6.07) is 3.35. The summed E-state index contributed by atoms with van der Waals surface area (Å²) in [6.07, 6.45) is 2.91. The van der Waals surface area contributed by atoms with E-state index in [1.165, 1.54) is 17.6 Å². The Kier molecular flexibility index (Phi) is 4.79. The fraction of sp³-hybridized carbons (Fsp3) is 0.500. The molecule has 6 nitrogen and oxygen atoms in total. The molecule has 0 bridgehead atoms. The van der Waals surface area contributed by atoms with Crippen LogP contribution in [0.5, 0.6) is 0 Å². The molecule has 2 aromatic heterocycles. The van der Waals surface area contributed by atoms with Gasteiger partial charge in [0.25, 0.3) is 5.56 Å². The average Bonchev–Trinajstić information content (AvgIpc) is 3.19. The maximum Gasteiger partial charge on any atom is 0.271 e. The first-order valence-electron chi connectivity index (χ1n) is 9.68. The molecule has 0 amide bonds. The number of hydrogen-bond acceptors (Lipinski definition) is 5. The summed E-state index contributed by atoms with van der Waals surface area (Å²) in [5.74, 6) is -0.140. The quantitative estimate of drug-likeness (QED) is 0.656. The molecule has 0 spiro atoms. The summed E-state index contributed by atoms with van der Waals surface area (Å²) in [4.78, 5) is 27.8. The van der Waals surface area contributed by atoms with E-state index >= 15 is 4.39 Å². The zero-order valence-corrected chi connectivity index (χ0v) is 18.0. The largest absolute Gasteiger partial charge is 0.369 e. The number of H-pyrrole nitrogens is 1. The van der Waals surface area contributed by atoms with Crippen LogP contribution in [-0.4, -0.2) is 27.6 Å². The van der Waals surface area contributed by atoms with Crippen molar-refractivity contribution in [2.24, 2.45) is 11.7 Å². The van der Waals surface area contributed by atoms with Crippen LogP contribution in [0.4, 0.5) is 10.1 Å². The van der Waals surface area contributed by atoms with Gasteiger partial charge < -0.3 is 15.2 Å². The van der Waals surface area contributed by atoms with Gasteiger partial charge in [-0.2, -0.15) is 0 Å².